The first-order valence-electron chi connectivity index (χ1n) is 7.20. The second kappa shape index (κ2) is 5.61. The zero-order chi connectivity index (χ0) is 14.0. The van der Waals surface area contributed by atoms with Crippen LogP contribution in [-0.4, -0.2) is 24.5 Å². The summed E-state index contributed by atoms with van der Waals surface area (Å²) >= 11 is 0. The summed E-state index contributed by atoms with van der Waals surface area (Å²) in [7, 11) is 4.19. The maximum Gasteiger partial charge on any atom is 0.0638 e. The van der Waals surface area contributed by atoms with Gasteiger partial charge in [-0.25, -0.2) is 0 Å². The molecule has 0 radical (unpaired) electrons. The number of rotatable bonds is 5. The summed E-state index contributed by atoms with van der Waals surface area (Å²) in [5.74, 6) is 6.59. The Kier molecular flexibility index (Phi) is 4.29. The minimum absolute atomic E-state index is 0.0347. The molecule has 3 heteroatoms. The topological polar surface area (TPSA) is 41.3 Å². The van der Waals surface area contributed by atoms with Gasteiger partial charge in [0.05, 0.1) is 6.04 Å². The fourth-order valence-electron chi connectivity index (χ4n) is 2.70. The van der Waals surface area contributed by atoms with E-state index in [4.69, 9.17) is 5.84 Å². The predicted octanol–water partition coefficient (Wildman–Crippen LogP) is 2.80. The molecule has 1 aromatic carbocycles. The number of hydrazine groups is 1. The Bertz CT molecular complexity index is 422. The molecule has 1 fully saturated rings. The van der Waals surface area contributed by atoms with E-state index in [2.05, 4.69) is 62.5 Å². The molecule has 1 unspecified atom stereocenters. The second-order valence-electron chi connectivity index (χ2n) is 6.45. The van der Waals surface area contributed by atoms with E-state index in [1.54, 1.807) is 0 Å². The Balaban J connectivity index is 2.27. The Morgan fingerprint density at radius 3 is 2.47 bits per heavy atom. The molecule has 106 valence electrons. The Morgan fingerprint density at radius 1 is 1.32 bits per heavy atom. The lowest BCUT2D eigenvalue weighted by Crippen LogP contribution is -2.51. The summed E-state index contributed by atoms with van der Waals surface area (Å²) < 4.78 is 0. The van der Waals surface area contributed by atoms with Crippen LogP contribution >= 0.6 is 0 Å². The van der Waals surface area contributed by atoms with E-state index in [0.717, 1.165) is 5.92 Å². The van der Waals surface area contributed by atoms with E-state index >= 15 is 0 Å². The van der Waals surface area contributed by atoms with Gasteiger partial charge in [0.25, 0.3) is 0 Å². The number of hydrogen-bond donors (Lipinski definition) is 2. The lowest BCUT2D eigenvalue weighted by atomic mass is 9.78. The fourth-order valence-corrected chi connectivity index (χ4v) is 2.70. The van der Waals surface area contributed by atoms with Crippen LogP contribution in [0.2, 0.25) is 0 Å². The van der Waals surface area contributed by atoms with Crippen molar-refractivity contribution in [3.63, 3.8) is 0 Å². The smallest absolute Gasteiger partial charge is 0.0638 e. The van der Waals surface area contributed by atoms with Crippen molar-refractivity contribution >= 4 is 0 Å². The zero-order valence-corrected chi connectivity index (χ0v) is 12.6. The van der Waals surface area contributed by atoms with E-state index in [9.17, 15) is 0 Å². The lowest BCUT2D eigenvalue weighted by Gasteiger charge is -2.40. The van der Waals surface area contributed by atoms with E-state index in [1.807, 2.05) is 0 Å². The molecule has 1 atom stereocenters. The quantitative estimate of drug-likeness (QED) is 0.632. The largest absolute Gasteiger partial charge is 0.302 e. The van der Waals surface area contributed by atoms with Crippen LogP contribution < -0.4 is 11.3 Å². The Morgan fingerprint density at radius 2 is 2.00 bits per heavy atom. The highest BCUT2D eigenvalue weighted by atomic mass is 15.3. The van der Waals surface area contributed by atoms with Crippen LogP contribution in [0.25, 0.3) is 0 Å². The summed E-state index contributed by atoms with van der Waals surface area (Å²) in [5, 5.41) is 0. The highest BCUT2D eigenvalue weighted by Crippen LogP contribution is 2.38. The van der Waals surface area contributed by atoms with E-state index in [1.165, 1.54) is 30.4 Å². The molecule has 0 amide bonds. The van der Waals surface area contributed by atoms with Gasteiger partial charge < -0.3 is 4.90 Å². The van der Waals surface area contributed by atoms with E-state index in [0.29, 0.717) is 0 Å². The van der Waals surface area contributed by atoms with Crippen molar-refractivity contribution in [3.05, 3.63) is 35.4 Å². The monoisotopic (exact) mass is 261 g/mol. The van der Waals surface area contributed by atoms with Gasteiger partial charge in [-0.2, -0.15) is 0 Å². The number of nitrogens with one attached hydrogen (secondary N) is 1. The number of likely N-dealkylation sites (N-methyl/N-ethyl adjacent to an activating group) is 1. The molecule has 3 N–H and O–H groups in total. The molecule has 1 aliphatic carbocycles. The lowest BCUT2D eigenvalue weighted by molar-refractivity contribution is 0.138. The first-order valence-corrected chi connectivity index (χ1v) is 7.20. The van der Waals surface area contributed by atoms with Crippen molar-refractivity contribution in [3.8, 4) is 0 Å². The van der Waals surface area contributed by atoms with Gasteiger partial charge >= 0.3 is 0 Å². The summed E-state index contributed by atoms with van der Waals surface area (Å²) in [5.41, 5.74) is 5.72. The first kappa shape index (κ1) is 14.5. The summed E-state index contributed by atoms with van der Waals surface area (Å²) in [6.45, 7) is 4.43. The molecular weight excluding hydrogens is 234 g/mol. The number of nitrogens with zero attached hydrogens (tertiary/aromatic N) is 1. The molecular formula is C16H27N3. The highest BCUT2D eigenvalue weighted by molar-refractivity contribution is 5.31. The van der Waals surface area contributed by atoms with Gasteiger partial charge in [-0.3, -0.25) is 11.3 Å². The Hall–Kier alpha value is -0.900. The van der Waals surface area contributed by atoms with Crippen molar-refractivity contribution in [2.75, 3.05) is 14.1 Å². The average molecular weight is 261 g/mol. The van der Waals surface area contributed by atoms with Crippen LogP contribution in [0.1, 0.15) is 56.2 Å². The fraction of sp³-hybridized carbons (Fsp3) is 0.625. The number of nitrogens with two attached hydrogens (primary N) is 1. The highest BCUT2D eigenvalue weighted by Gasteiger charge is 2.32. The second-order valence-corrected chi connectivity index (χ2v) is 6.45. The van der Waals surface area contributed by atoms with Gasteiger partial charge in [0.2, 0.25) is 0 Å². The van der Waals surface area contributed by atoms with Gasteiger partial charge in [-0.15, -0.1) is 0 Å². The molecule has 0 saturated heterocycles. The van der Waals surface area contributed by atoms with Crippen LogP contribution in [0.15, 0.2) is 24.3 Å². The third-order valence-electron chi connectivity index (χ3n) is 4.85. The normalized spacial score (nSPS) is 18.4. The first-order chi connectivity index (χ1) is 8.96. The average Bonchev–Trinajstić information content (AvgIpc) is 2.27. The van der Waals surface area contributed by atoms with Crippen molar-refractivity contribution in [1.29, 1.82) is 0 Å². The molecule has 0 heterocycles. The molecule has 0 aliphatic heterocycles. The van der Waals surface area contributed by atoms with Crippen molar-refractivity contribution in [2.45, 2.75) is 50.6 Å². The Labute approximate surface area is 117 Å². The van der Waals surface area contributed by atoms with Crippen molar-refractivity contribution in [2.24, 2.45) is 5.84 Å². The van der Waals surface area contributed by atoms with Crippen LogP contribution in [-0.2, 0) is 0 Å². The van der Waals surface area contributed by atoms with Crippen LogP contribution in [0.4, 0.5) is 0 Å². The molecule has 19 heavy (non-hydrogen) atoms. The third-order valence-corrected chi connectivity index (χ3v) is 4.85. The minimum atomic E-state index is -0.0347. The van der Waals surface area contributed by atoms with E-state index in [-0.39, 0.29) is 11.6 Å². The van der Waals surface area contributed by atoms with Crippen LogP contribution in [0.3, 0.4) is 0 Å². The van der Waals surface area contributed by atoms with Gasteiger partial charge in [0.15, 0.2) is 0 Å². The molecule has 0 spiro atoms. The molecule has 1 aliphatic rings. The van der Waals surface area contributed by atoms with Gasteiger partial charge in [-0.05, 0) is 57.8 Å². The summed E-state index contributed by atoms with van der Waals surface area (Å²) in [4.78, 5) is 2.22. The van der Waals surface area contributed by atoms with Crippen molar-refractivity contribution < 1.29 is 0 Å². The molecule has 1 aromatic rings. The number of hydrogen-bond acceptors (Lipinski definition) is 3. The van der Waals surface area contributed by atoms with Gasteiger partial charge in [0, 0.05) is 5.54 Å². The summed E-state index contributed by atoms with van der Waals surface area (Å²) in [6, 6.07) is 9.06. The minimum Gasteiger partial charge on any atom is -0.302 e. The van der Waals surface area contributed by atoms with Gasteiger partial charge in [-0.1, -0.05) is 30.7 Å². The SMILES string of the molecule is CN(C)C(C)(C)C(NN)c1cccc(C2CCC2)c1. The molecule has 0 bridgehead atoms. The molecule has 1 saturated carbocycles. The standard InChI is InChI=1S/C16H27N3/c1-16(2,19(3)4)15(18-17)14-10-6-9-13(11-14)12-7-5-8-12/h6,9-12,15,18H,5,7-8,17H2,1-4H3. The maximum absolute atomic E-state index is 5.82. The van der Waals surface area contributed by atoms with E-state index < -0.39 is 0 Å². The van der Waals surface area contributed by atoms with Crippen LogP contribution in [0.5, 0.6) is 0 Å². The maximum atomic E-state index is 5.82. The zero-order valence-electron chi connectivity index (χ0n) is 12.6. The van der Waals surface area contributed by atoms with Crippen LogP contribution in [0, 0.1) is 0 Å². The summed E-state index contributed by atoms with van der Waals surface area (Å²) in [6.07, 6.45) is 4.04. The van der Waals surface area contributed by atoms with Gasteiger partial charge in [0.1, 0.15) is 0 Å². The third kappa shape index (κ3) is 2.83. The predicted molar refractivity (Wildman–Crippen MR) is 80.9 cm³/mol. The molecule has 3 nitrogen and oxygen atoms in total. The molecule has 2 rings (SSSR count). The van der Waals surface area contributed by atoms with Crippen molar-refractivity contribution in [1.82, 2.24) is 10.3 Å². The molecule has 0 aromatic heterocycles. The number of benzene rings is 1.